The molecule has 0 saturated heterocycles. The Kier molecular flexibility index (Phi) is 4.34. The molecule has 0 amide bonds. The number of halogens is 2. The van der Waals surface area contributed by atoms with Gasteiger partial charge in [0.2, 0.25) is 0 Å². The fourth-order valence-electron chi connectivity index (χ4n) is 1.51. The highest BCUT2D eigenvalue weighted by Crippen LogP contribution is 2.21. The van der Waals surface area contributed by atoms with E-state index < -0.39 is 0 Å². The van der Waals surface area contributed by atoms with Crippen LogP contribution in [-0.2, 0) is 6.54 Å². The van der Waals surface area contributed by atoms with E-state index in [0.29, 0.717) is 12.1 Å². The fourth-order valence-corrected chi connectivity index (χ4v) is 2.29. The van der Waals surface area contributed by atoms with Crippen molar-refractivity contribution in [2.24, 2.45) is 0 Å². The second-order valence-corrected chi connectivity index (χ2v) is 5.50. The minimum atomic E-state index is 0.618. The lowest BCUT2D eigenvalue weighted by atomic mass is 10.2. The Hall–Kier alpha value is -1.38. The summed E-state index contributed by atoms with van der Waals surface area (Å²) in [6.45, 7) is 0.628. The number of nitriles is 1. The Morgan fingerprint density at radius 1 is 1.17 bits per heavy atom. The second kappa shape index (κ2) is 5.98. The van der Waals surface area contributed by atoms with Gasteiger partial charge in [-0.2, -0.15) is 5.26 Å². The van der Waals surface area contributed by atoms with Crippen molar-refractivity contribution in [1.82, 2.24) is 4.98 Å². The molecule has 0 saturated carbocycles. The van der Waals surface area contributed by atoms with Crippen LogP contribution in [0.2, 0.25) is 0 Å². The van der Waals surface area contributed by atoms with Gasteiger partial charge in [0.1, 0.15) is 6.07 Å². The number of anilines is 1. The van der Waals surface area contributed by atoms with Gasteiger partial charge in [-0.3, -0.25) is 4.98 Å². The Labute approximate surface area is 122 Å². The van der Waals surface area contributed by atoms with Crippen molar-refractivity contribution < 1.29 is 0 Å². The Morgan fingerprint density at radius 2 is 2.00 bits per heavy atom. The Balaban J connectivity index is 2.14. The van der Waals surface area contributed by atoms with Gasteiger partial charge in [-0.15, -0.1) is 0 Å². The van der Waals surface area contributed by atoms with Gasteiger partial charge in [-0.1, -0.05) is 15.9 Å². The zero-order valence-electron chi connectivity index (χ0n) is 9.32. The largest absolute Gasteiger partial charge is 0.380 e. The van der Waals surface area contributed by atoms with Crippen LogP contribution in [0.4, 0.5) is 5.69 Å². The summed E-state index contributed by atoms with van der Waals surface area (Å²) in [4.78, 5) is 4.09. The lowest BCUT2D eigenvalue weighted by Gasteiger charge is -2.08. The van der Waals surface area contributed by atoms with Gasteiger partial charge < -0.3 is 5.32 Å². The van der Waals surface area contributed by atoms with Crippen molar-refractivity contribution in [1.29, 1.82) is 5.26 Å². The van der Waals surface area contributed by atoms with Crippen LogP contribution in [0.25, 0.3) is 0 Å². The van der Waals surface area contributed by atoms with Crippen molar-refractivity contribution in [3.63, 3.8) is 0 Å². The minimum Gasteiger partial charge on any atom is -0.380 e. The molecule has 90 valence electrons. The summed E-state index contributed by atoms with van der Waals surface area (Å²) in [6.07, 6.45) is 3.53. The predicted molar refractivity (Wildman–Crippen MR) is 78.1 cm³/mol. The van der Waals surface area contributed by atoms with Crippen LogP contribution in [0.1, 0.15) is 11.1 Å². The molecule has 0 radical (unpaired) electrons. The van der Waals surface area contributed by atoms with Crippen molar-refractivity contribution in [2.75, 3.05) is 5.32 Å². The summed E-state index contributed by atoms with van der Waals surface area (Å²) in [5, 5.41) is 12.3. The number of benzene rings is 1. The van der Waals surface area contributed by atoms with Gasteiger partial charge in [0, 0.05) is 27.9 Å². The molecule has 0 aliphatic rings. The molecule has 2 aromatic rings. The molecule has 1 N–H and O–H groups in total. The molecule has 0 unspecified atom stereocenters. The van der Waals surface area contributed by atoms with Crippen LogP contribution in [0, 0.1) is 11.3 Å². The molecule has 2 rings (SSSR count). The maximum absolute atomic E-state index is 9.05. The molecule has 0 bridgehead atoms. The number of aromatic nitrogens is 1. The Morgan fingerprint density at radius 3 is 2.72 bits per heavy atom. The van der Waals surface area contributed by atoms with Gasteiger partial charge in [0.05, 0.1) is 11.3 Å². The number of hydrogen-bond acceptors (Lipinski definition) is 3. The van der Waals surface area contributed by atoms with Crippen molar-refractivity contribution >= 4 is 37.5 Å². The highest BCUT2D eigenvalue weighted by molar-refractivity contribution is 9.10. The fraction of sp³-hybridized carbons (Fsp3) is 0.0769. The number of nitrogens with zero attached hydrogens (tertiary/aromatic N) is 2. The zero-order valence-corrected chi connectivity index (χ0v) is 12.5. The highest BCUT2D eigenvalue weighted by atomic mass is 79.9. The molecule has 1 heterocycles. The third kappa shape index (κ3) is 3.31. The average molecular weight is 367 g/mol. The molecule has 18 heavy (non-hydrogen) atoms. The number of nitrogens with one attached hydrogen (secondary N) is 1. The zero-order chi connectivity index (χ0) is 13.0. The maximum Gasteiger partial charge on any atom is 0.101 e. The summed E-state index contributed by atoms with van der Waals surface area (Å²) in [6, 6.07) is 9.74. The smallest absolute Gasteiger partial charge is 0.101 e. The summed E-state index contributed by atoms with van der Waals surface area (Å²) in [5.74, 6) is 0. The van der Waals surface area contributed by atoms with Crippen LogP contribution in [0.3, 0.4) is 0 Å². The normalized spacial score (nSPS) is 9.83. The molecular formula is C13H9Br2N3. The van der Waals surface area contributed by atoms with Crippen molar-refractivity contribution in [3.05, 3.63) is 56.7 Å². The van der Waals surface area contributed by atoms with E-state index in [9.17, 15) is 0 Å². The first kappa shape index (κ1) is 13.1. The first-order valence-electron chi connectivity index (χ1n) is 5.22. The first-order chi connectivity index (χ1) is 8.69. The molecule has 0 spiro atoms. The lowest BCUT2D eigenvalue weighted by molar-refractivity contribution is 1.10. The molecule has 0 aliphatic heterocycles. The van der Waals surface area contributed by atoms with E-state index in [1.165, 1.54) is 0 Å². The van der Waals surface area contributed by atoms with Gasteiger partial charge in [-0.25, -0.2) is 0 Å². The molecule has 0 fully saturated rings. The summed E-state index contributed by atoms with van der Waals surface area (Å²) < 4.78 is 1.84. The monoisotopic (exact) mass is 365 g/mol. The van der Waals surface area contributed by atoms with E-state index in [2.05, 4.69) is 48.2 Å². The number of hydrogen-bond donors (Lipinski definition) is 1. The molecule has 0 atom stereocenters. The SMILES string of the molecule is N#Cc1cc(Br)ccc1NCc1cncc(Br)c1. The third-order valence-corrected chi connectivity index (χ3v) is 3.27. The van der Waals surface area contributed by atoms with E-state index >= 15 is 0 Å². The van der Waals surface area contributed by atoms with Crippen LogP contribution in [0.5, 0.6) is 0 Å². The van der Waals surface area contributed by atoms with E-state index in [1.807, 2.05) is 18.2 Å². The topological polar surface area (TPSA) is 48.7 Å². The van der Waals surface area contributed by atoms with Gasteiger partial charge >= 0.3 is 0 Å². The predicted octanol–water partition coefficient (Wildman–Crippen LogP) is 4.09. The van der Waals surface area contributed by atoms with E-state index in [0.717, 1.165) is 20.2 Å². The summed E-state index contributed by atoms with van der Waals surface area (Å²) in [7, 11) is 0. The standard InChI is InChI=1S/C13H9Br2N3/c14-11-1-2-13(10(4-11)5-16)18-7-9-3-12(15)8-17-6-9/h1-4,6,8,18H,7H2. The molecular weight excluding hydrogens is 358 g/mol. The highest BCUT2D eigenvalue weighted by Gasteiger charge is 2.02. The van der Waals surface area contributed by atoms with Crippen molar-refractivity contribution in [3.8, 4) is 6.07 Å². The minimum absolute atomic E-state index is 0.618. The average Bonchev–Trinajstić information content (AvgIpc) is 2.37. The van der Waals surface area contributed by atoms with Crippen LogP contribution in [-0.4, -0.2) is 4.98 Å². The maximum atomic E-state index is 9.05. The Bertz CT molecular complexity index is 605. The third-order valence-electron chi connectivity index (χ3n) is 2.35. The van der Waals surface area contributed by atoms with E-state index in [1.54, 1.807) is 18.5 Å². The number of rotatable bonds is 3. The van der Waals surface area contributed by atoms with E-state index in [4.69, 9.17) is 5.26 Å². The summed E-state index contributed by atoms with van der Waals surface area (Å²) >= 11 is 6.72. The van der Waals surface area contributed by atoms with Gasteiger partial charge in [0.15, 0.2) is 0 Å². The van der Waals surface area contributed by atoms with Crippen LogP contribution in [0.15, 0.2) is 45.6 Å². The van der Waals surface area contributed by atoms with Crippen LogP contribution < -0.4 is 5.32 Å². The second-order valence-electron chi connectivity index (χ2n) is 3.67. The van der Waals surface area contributed by atoms with E-state index in [-0.39, 0.29) is 0 Å². The molecule has 3 nitrogen and oxygen atoms in total. The lowest BCUT2D eigenvalue weighted by Crippen LogP contribution is -2.01. The molecule has 0 aliphatic carbocycles. The quantitative estimate of drug-likeness (QED) is 0.889. The first-order valence-corrected chi connectivity index (χ1v) is 6.80. The molecule has 1 aromatic carbocycles. The molecule has 1 aromatic heterocycles. The van der Waals surface area contributed by atoms with Gasteiger partial charge in [-0.05, 0) is 45.8 Å². The summed E-state index contributed by atoms with van der Waals surface area (Å²) in [5.41, 5.74) is 2.49. The van der Waals surface area contributed by atoms with Crippen LogP contribution >= 0.6 is 31.9 Å². The van der Waals surface area contributed by atoms with Crippen molar-refractivity contribution in [2.45, 2.75) is 6.54 Å². The number of pyridine rings is 1. The molecule has 5 heteroatoms. The van der Waals surface area contributed by atoms with Gasteiger partial charge in [0.25, 0.3) is 0 Å².